The van der Waals surface area contributed by atoms with Crippen LogP contribution in [0.15, 0.2) is 0 Å². The third kappa shape index (κ3) is 8.55. The summed E-state index contributed by atoms with van der Waals surface area (Å²) in [5.74, 6) is 0. The van der Waals surface area contributed by atoms with Crippen LogP contribution in [0.3, 0.4) is 0 Å². The minimum absolute atomic E-state index is 0.156. The zero-order valence-corrected chi connectivity index (χ0v) is 12.1. The Morgan fingerprint density at radius 1 is 1.35 bits per heavy atom. The Kier molecular flexibility index (Phi) is 8.78. The first kappa shape index (κ1) is 16.8. The van der Waals surface area contributed by atoms with Crippen LogP contribution in [0.5, 0.6) is 0 Å². The van der Waals surface area contributed by atoms with Gasteiger partial charge in [0, 0.05) is 25.2 Å². The summed E-state index contributed by atoms with van der Waals surface area (Å²) >= 11 is 0. The minimum Gasteiger partial charge on any atom is -0.394 e. The Hall–Kier alpha value is -0.160. The summed E-state index contributed by atoms with van der Waals surface area (Å²) in [5.41, 5.74) is -0.156. The molecule has 17 heavy (non-hydrogen) atoms. The molecule has 4 heteroatoms. The molecule has 0 saturated heterocycles. The van der Waals surface area contributed by atoms with Crippen molar-refractivity contribution in [2.75, 3.05) is 40.5 Å². The lowest BCUT2D eigenvalue weighted by Crippen LogP contribution is -2.49. The van der Waals surface area contributed by atoms with E-state index in [4.69, 9.17) is 4.74 Å². The van der Waals surface area contributed by atoms with E-state index in [2.05, 4.69) is 38.0 Å². The Bertz CT molecular complexity index is 188. The van der Waals surface area contributed by atoms with Crippen LogP contribution in [0.25, 0.3) is 0 Å². The molecule has 2 N–H and O–H groups in total. The molecule has 0 radical (unpaired) electrons. The zero-order valence-electron chi connectivity index (χ0n) is 12.1. The van der Waals surface area contributed by atoms with Crippen LogP contribution >= 0.6 is 0 Å². The lowest BCUT2D eigenvalue weighted by atomic mass is 9.95. The first-order valence-electron chi connectivity index (χ1n) is 6.49. The van der Waals surface area contributed by atoms with Gasteiger partial charge in [0.05, 0.1) is 13.2 Å². The fourth-order valence-electron chi connectivity index (χ4n) is 1.99. The van der Waals surface area contributed by atoms with Gasteiger partial charge in [-0.15, -0.1) is 0 Å². The first-order valence-corrected chi connectivity index (χ1v) is 6.49. The third-order valence-electron chi connectivity index (χ3n) is 2.93. The van der Waals surface area contributed by atoms with Crippen molar-refractivity contribution in [1.82, 2.24) is 10.2 Å². The van der Waals surface area contributed by atoms with Gasteiger partial charge >= 0.3 is 0 Å². The summed E-state index contributed by atoms with van der Waals surface area (Å²) in [6.07, 6.45) is 2.07. The summed E-state index contributed by atoms with van der Waals surface area (Å²) in [6.45, 7) is 9.27. The van der Waals surface area contributed by atoms with Gasteiger partial charge in [-0.2, -0.15) is 0 Å². The molecule has 0 amide bonds. The maximum absolute atomic E-state index is 9.44. The van der Waals surface area contributed by atoms with E-state index in [-0.39, 0.29) is 12.1 Å². The second kappa shape index (κ2) is 8.86. The Morgan fingerprint density at radius 2 is 2.00 bits per heavy atom. The second-order valence-electron chi connectivity index (χ2n) is 5.42. The van der Waals surface area contributed by atoms with Crippen molar-refractivity contribution in [2.45, 2.75) is 45.2 Å². The maximum Gasteiger partial charge on any atom is 0.0610 e. The van der Waals surface area contributed by atoms with E-state index in [0.29, 0.717) is 6.04 Å². The van der Waals surface area contributed by atoms with Crippen molar-refractivity contribution in [3.05, 3.63) is 0 Å². The number of nitrogens with one attached hydrogen (secondary N) is 1. The van der Waals surface area contributed by atoms with Crippen LogP contribution < -0.4 is 5.32 Å². The monoisotopic (exact) mass is 246 g/mol. The molecule has 0 aliphatic carbocycles. The Labute approximate surface area is 106 Å². The molecule has 0 bridgehead atoms. The van der Waals surface area contributed by atoms with E-state index in [1.165, 1.54) is 0 Å². The van der Waals surface area contributed by atoms with Crippen LogP contribution in [0.4, 0.5) is 0 Å². The summed E-state index contributed by atoms with van der Waals surface area (Å²) in [6, 6.07) is 0.401. The van der Waals surface area contributed by atoms with Crippen molar-refractivity contribution in [3.8, 4) is 0 Å². The first-order chi connectivity index (χ1) is 7.93. The predicted molar refractivity (Wildman–Crippen MR) is 72.4 cm³/mol. The number of ether oxygens (including phenoxy) is 1. The van der Waals surface area contributed by atoms with Gasteiger partial charge in [0.25, 0.3) is 0 Å². The van der Waals surface area contributed by atoms with Gasteiger partial charge in [0.2, 0.25) is 0 Å². The third-order valence-corrected chi connectivity index (χ3v) is 2.93. The molecule has 0 aromatic carbocycles. The van der Waals surface area contributed by atoms with Crippen molar-refractivity contribution in [1.29, 1.82) is 0 Å². The molecular weight excluding hydrogens is 216 g/mol. The highest BCUT2D eigenvalue weighted by atomic mass is 16.5. The van der Waals surface area contributed by atoms with Crippen LogP contribution in [0.1, 0.15) is 33.6 Å². The van der Waals surface area contributed by atoms with E-state index < -0.39 is 0 Å². The number of methoxy groups -OCH3 is 1. The molecule has 0 spiro atoms. The molecule has 104 valence electrons. The molecular formula is C13H30N2O2. The van der Waals surface area contributed by atoms with Gasteiger partial charge < -0.3 is 20.1 Å². The lowest BCUT2D eigenvalue weighted by Gasteiger charge is -2.31. The highest BCUT2D eigenvalue weighted by molar-refractivity contribution is 4.83. The second-order valence-corrected chi connectivity index (χ2v) is 5.42. The average molecular weight is 246 g/mol. The van der Waals surface area contributed by atoms with E-state index in [0.717, 1.165) is 32.5 Å². The highest BCUT2D eigenvalue weighted by Crippen LogP contribution is 2.13. The smallest absolute Gasteiger partial charge is 0.0610 e. The van der Waals surface area contributed by atoms with Crippen LogP contribution in [-0.4, -0.2) is 62.0 Å². The molecule has 0 rings (SSSR count). The van der Waals surface area contributed by atoms with Gasteiger partial charge in [-0.25, -0.2) is 0 Å². The number of rotatable bonds is 10. The fraction of sp³-hybridized carbons (Fsp3) is 1.00. The molecule has 0 saturated carbocycles. The molecule has 0 aliphatic heterocycles. The largest absolute Gasteiger partial charge is 0.394 e. The lowest BCUT2D eigenvalue weighted by molar-refractivity contribution is 0.140. The summed E-state index contributed by atoms with van der Waals surface area (Å²) in [7, 11) is 3.83. The quantitative estimate of drug-likeness (QED) is 0.606. The summed E-state index contributed by atoms with van der Waals surface area (Å²) in [4.78, 5) is 2.26. The van der Waals surface area contributed by atoms with Gasteiger partial charge in [-0.3, -0.25) is 0 Å². The van der Waals surface area contributed by atoms with Crippen molar-refractivity contribution in [2.24, 2.45) is 0 Å². The summed E-state index contributed by atoms with van der Waals surface area (Å²) in [5, 5.41) is 12.9. The van der Waals surface area contributed by atoms with Gasteiger partial charge in [-0.1, -0.05) is 13.8 Å². The van der Waals surface area contributed by atoms with Crippen molar-refractivity contribution >= 4 is 0 Å². The fourth-order valence-corrected chi connectivity index (χ4v) is 1.99. The maximum atomic E-state index is 9.44. The van der Waals surface area contributed by atoms with Crippen molar-refractivity contribution in [3.63, 3.8) is 0 Å². The van der Waals surface area contributed by atoms with Crippen LogP contribution in [0.2, 0.25) is 0 Å². The molecule has 0 aliphatic rings. The van der Waals surface area contributed by atoms with E-state index in [1.807, 2.05) is 0 Å². The number of likely N-dealkylation sites (N-methyl/N-ethyl adjacent to an activating group) is 1. The molecule has 1 atom stereocenters. The highest BCUT2D eigenvalue weighted by Gasteiger charge is 2.23. The molecule has 1 unspecified atom stereocenters. The minimum atomic E-state index is -0.156. The number of nitrogens with zero attached hydrogens (tertiary/aromatic N) is 1. The number of aliphatic hydroxyl groups excluding tert-OH is 1. The van der Waals surface area contributed by atoms with E-state index in [1.54, 1.807) is 7.11 Å². The van der Waals surface area contributed by atoms with Gasteiger partial charge in [0.15, 0.2) is 0 Å². The standard InChI is InChI=1S/C13H30N2O2/c1-12(2)14-13(3,11-16)7-6-8-15(4)9-10-17-5/h12,14,16H,6-11H2,1-5H3. The van der Waals surface area contributed by atoms with Gasteiger partial charge in [0.1, 0.15) is 0 Å². The summed E-state index contributed by atoms with van der Waals surface area (Å²) < 4.78 is 5.04. The average Bonchev–Trinajstić information content (AvgIpc) is 2.25. The molecule has 4 nitrogen and oxygen atoms in total. The number of aliphatic hydroxyl groups is 1. The normalized spacial score (nSPS) is 15.5. The Morgan fingerprint density at radius 3 is 2.47 bits per heavy atom. The SMILES string of the molecule is COCCN(C)CCCC(C)(CO)NC(C)C. The molecule has 0 heterocycles. The molecule has 0 fully saturated rings. The Balaban J connectivity index is 3.82. The predicted octanol–water partition coefficient (Wildman–Crippen LogP) is 1.09. The van der Waals surface area contributed by atoms with E-state index >= 15 is 0 Å². The molecule has 0 aromatic rings. The van der Waals surface area contributed by atoms with Gasteiger partial charge in [-0.05, 0) is 33.4 Å². The van der Waals surface area contributed by atoms with Crippen LogP contribution in [-0.2, 0) is 4.74 Å². The topological polar surface area (TPSA) is 44.7 Å². The number of hydrogen-bond donors (Lipinski definition) is 2. The van der Waals surface area contributed by atoms with Crippen LogP contribution in [0, 0.1) is 0 Å². The number of hydrogen-bond acceptors (Lipinski definition) is 4. The zero-order chi connectivity index (χ0) is 13.3. The van der Waals surface area contributed by atoms with Crippen molar-refractivity contribution < 1.29 is 9.84 Å². The van der Waals surface area contributed by atoms with E-state index in [9.17, 15) is 5.11 Å². The molecule has 0 aromatic heterocycles.